The number of hydrogen-bond acceptors (Lipinski definition) is 9. The zero-order chi connectivity index (χ0) is 22.7. The van der Waals surface area contributed by atoms with Crippen molar-refractivity contribution in [2.45, 2.75) is 38.5 Å². The lowest BCUT2D eigenvalue weighted by molar-refractivity contribution is 0.126. The highest BCUT2D eigenvalue weighted by Gasteiger charge is 2.28. The van der Waals surface area contributed by atoms with Crippen LogP contribution in [-0.2, 0) is 26.1 Å². The Morgan fingerprint density at radius 1 is 0.824 bits per heavy atom. The Labute approximate surface area is 195 Å². The van der Waals surface area contributed by atoms with Gasteiger partial charge in [0.2, 0.25) is 0 Å². The summed E-state index contributed by atoms with van der Waals surface area (Å²) >= 11 is 0. The highest BCUT2D eigenvalue weighted by molar-refractivity contribution is 5.52. The molecular weight excluding hydrogens is 432 g/mol. The smallest absolute Gasteiger partial charge is 0.257 e. The Balaban J connectivity index is 1.25. The van der Waals surface area contributed by atoms with Gasteiger partial charge in [0.25, 0.3) is 11.8 Å². The first-order valence-corrected chi connectivity index (χ1v) is 11.2. The second-order valence-electron chi connectivity index (χ2n) is 8.22. The van der Waals surface area contributed by atoms with E-state index < -0.39 is 0 Å². The topological polar surface area (TPSA) is 112 Å². The molecule has 0 radical (unpaired) electrons. The van der Waals surface area contributed by atoms with Crippen LogP contribution in [0.1, 0.15) is 23.9 Å². The predicted molar refractivity (Wildman–Crippen MR) is 121 cm³/mol. The second kappa shape index (κ2) is 8.99. The molecule has 0 saturated carbocycles. The zero-order valence-electron chi connectivity index (χ0n) is 18.4. The van der Waals surface area contributed by atoms with Gasteiger partial charge in [-0.15, -0.1) is 0 Å². The molecule has 0 N–H and O–H groups in total. The zero-order valence-corrected chi connectivity index (χ0v) is 18.4. The summed E-state index contributed by atoms with van der Waals surface area (Å²) in [6.45, 7) is 1.70. The summed E-state index contributed by atoms with van der Waals surface area (Å²) in [4.78, 5) is 15.9. The molecule has 1 aliphatic rings. The maximum atomic E-state index is 5.53. The molecule has 0 saturated heterocycles. The van der Waals surface area contributed by atoms with Crippen molar-refractivity contribution >= 4 is 0 Å². The van der Waals surface area contributed by atoms with Gasteiger partial charge in [-0.3, -0.25) is 4.90 Å². The SMILES string of the molecule is c1ccc(-c2nc(CN(Cc3noc(-c4ccccc4)n3)C3CCc4ncnn4C3)no2)cc1. The van der Waals surface area contributed by atoms with E-state index in [9.17, 15) is 0 Å². The molecule has 1 aliphatic heterocycles. The van der Waals surface area contributed by atoms with Crippen molar-refractivity contribution in [2.24, 2.45) is 0 Å². The molecule has 0 spiro atoms. The Kier molecular flexibility index (Phi) is 5.40. The van der Waals surface area contributed by atoms with Gasteiger partial charge in [0.05, 0.1) is 19.6 Å². The predicted octanol–water partition coefficient (Wildman–Crippen LogP) is 3.40. The molecule has 34 heavy (non-hydrogen) atoms. The summed E-state index contributed by atoms with van der Waals surface area (Å²) in [5.41, 5.74) is 1.78. The van der Waals surface area contributed by atoms with Gasteiger partial charge in [-0.1, -0.05) is 46.7 Å². The van der Waals surface area contributed by atoms with Crippen molar-refractivity contribution in [1.82, 2.24) is 39.9 Å². The fourth-order valence-corrected chi connectivity index (χ4v) is 4.23. The van der Waals surface area contributed by atoms with E-state index >= 15 is 0 Å². The second-order valence-corrected chi connectivity index (χ2v) is 8.22. The molecule has 0 amide bonds. The monoisotopic (exact) mass is 454 g/mol. The molecule has 4 heterocycles. The molecular formula is C24H22N8O2. The summed E-state index contributed by atoms with van der Waals surface area (Å²) in [6, 6.07) is 19.7. The summed E-state index contributed by atoms with van der Waals surface area (Å²) < 4.78 is 13.0. The molecule has 10 nitrogen and oxygen atoms in total. The first-order chi connectivity index (χ1) is 16.8. The number of benzene rings is 2. The van der Waals surface area contributed by atoms with Gasteiger partial charge in [-0.05, 0) is 30.7 Å². The van der Waals surface area contributed by atoms with E-state index in [1.807, 2.05) is 65.3 Å². The van der Waals surface area contributed by atoms with Gasteiger partial charge in [-0.25, -0.2) is 9.67 Å². The van der Waals surface area contributed by atoms with Gasteiger partial charge in [0, 0.05) is 23.6 Å². The van der Waals surface area contributed by atoms with Crippen LogP contribution in [0.4, 0.5) is 0 Å². The fourth-order valence-electron chi connectivity index (χ4n) is 4.23. The van der Waals surface area contributed by atoms with Crippen LogP contribution in [0.5, 0.6) is 0 Å². The minimum absolute atomic E-state index is 0.187. The van der Waals surface area contributed by atoms with E-state index in [-0.39, 0.29) is 6.04 Å². The lowest BCUT2D eigenvalue weighted by atomic mass is 10.1. The van der Waals surface area contributed by atoms with Gasteiger partial charge in [-0.2, -0.15) is 15.1 Å². The Morgan fingerprint density at radius 3 is 2.00 bits per heavy atom. The molecule has 0 bridgehead atoms. The van der Waals surface area contributed by atoms with Crippen LogP contribution in [0.15, 0.2) is 76.0 Å². The van der Waals surface area contributed by atoms with Crippen molar-refractivity contribution in [2.75, 3.05) is 0 Å². The summed E-state index contributed by atoms with van der Waals surface area (Å²) in [5.74, 6) is 3.23. The van der Waals surface area contributed by atoms with Crippen LogP contribution in [0, 0.1) is 0 Å². The third kappa shape index (κ3) is 4.23. The van der Waals surface area contributed by atoms with Crippen molar-refractivity contribution in [3.8, 4) is 22.9 Å². The van der Waals surface area contributed by atoms with E-state index in [0.717, 1.165) is 36.3 Å². The van der Waals surface area contributed by atoms with Crippen LogP contribution < -0.4 is 0 Å². The normalized spacial score (nSPS) is 15.5. The van der Waals surface area contributed by atoms with Crippen LogP contribution in [-0.4, -0.2) is 46.0 Å². The number of rotatable bonds is 7. The maximum Gasteiger partial charge on any atom is 0.257 e. The highest BCUT2D eigenvalue weighted by atomic mass is 16.5. The van der Waals surface area contributed by atoms with Gasteiger partial charge in [0.1, 0.15) is 12.2 Å². The number of aromatic nitrogens is 7. The number of hydrogen-bond donors (Lipinski definition) is 0. The minimum Gasteiger partial charge on any atom is -0.334 e. The lowest BCUT2D eigenvalue weighted by Gasteiger charge is -2.32. The van der Waals surface area contributed by atoms with E-state index in [1.165, 1.54) is 0 Å². The van der Waals surface area contributed by atoms with E-state index in [4.69, 9.17) is 9.05 Å². The Bertz CT molecular complexity index is 1280. The van der Waals surface area contributed by atoms with Crippen molar-refractivity contribution in [1.29, 1.82) is 0 Å². The van der Waals surface area contributed by atoms with Gasteiger partial charge in [0.15, 0.2) is 11.6 Å². The van der Waals surface area contributed by atoms with Crippen molar-refractivity contribution in [3.05, 3.63) is 84.5 Å². The quantitative estimate of drug-likeness (QED) is 0.365. The minimum atomic E-state index is 0.187. The first-order valence-electron chi connectivity index (χ1n) is 11.2. The molecule has 0 aliphatic carbocycles. The van der Waals surface area contributed by atoms with Crippen LogP contribution in [0.3, 0.4) is 0 Å². The molecule has 1 unspecified atom stereocenters. The van der Waals surface area contributed by atoms with Crippen molar-refractivity contribution in [3.63, 3.8) is 0 Å². The molecule has 0 fully saturated rings. The average Bonchev–Trinajstić information content (AvgIpc) is 3.65. The third-order valence-electron chi connectivity index (χ3n) is 5.96. The summed E-state index contributed by atoms with van der Waals surface area (Å²) in [7, 11) is 0. The largest absolute Gasteiger partial charge is 0.334 e. The van der Waals surface area contributed by atoms with Crippen LogP contribution in [0.25, 0.3) is 22.9 Å². The summed E-state index contributed by atoms with van der Waals surface area (Å²) in [6.07, 6.45) is 3.40. The van der Waals surface area contributed by atoms with E-state index in [0.29, 0.717) is 36.5 Å². The number of fused-ring (bicyclic) bond motifs is 1. The first kappa shape index (κ1) is 20.4. The fraction of sp³-hybridized carbons (Fsp3) is 0.250. The summed E-state index contributed by atoms with van der Waals surface area (Å²) in [5, 5.41) is 12.8. The molecule has 170 valence electrons. The average molecular weight is 454 g/mol. The van der Waals surface area contributed by atoms with E-state index in [1.54, 1.807) is 6.33 Å². The number of nitrogens with zero attached hydrogens (tertiary/aromatic N) is 8. The van der Waals surface area contributed by atoms with Gasteiger partial charge >= 0.3 is 0 Å². The maximum absolute atomic E-state index is 5.53. The lowest BCUT2D eigenvalue weighted by Crippen LogP contribution is -2.41. The number of aryl methyl sites for hydroxylation is 1. The Morgan fingerprint density at radius 2 is 1.41 bits per heavy atom. The molecule has 10 heteroatoms. The molecule has 3 aromatic heterocycles. The highest BCUT2D eigenvalue weighted by Crippen LogP contribution is 2.23. The molecule has 2 aromatic carbocycles. The molecule has 1 atom stereocenters. The van der Waals surface area contributed by atoms with Crippen LogP contribution >= 0.6 is 0 Å². The molecule has 5 aromatic rings. The van der Waals surface area contributed by atoms with Crippen molar-refractivity contribution < 1.29 is 9.05 Å². The molecule has 6 rings (SSSR count). The standard InChI is InChI=1S/C24H22N8O2/c1-3-7-17(8-4-1)23-27-20(29-33-23)14-31(19-11-12-22-25-16-26-32(22)13-19)15-21-28-24(34-30-21)18-9-5-2-6-10-18/h1-10,16,19H,11-15H2. The third-order valence-corrected chi connectivity index (χ3v) is 5.96. The van der Waals surface area contributed by atoms with E-state index in [2.05, 4.69) is 35.3 Å². The van der Waals surface area contributed by atoms with Crippen LogP contribution in [0.2, 0.25) is 0 Å². The van der Waals surface area contributed by atoms with Gasteiger partial charge < -0.3 is 9.05 Å². The Hall–Kier alpha value is -4.18.